The summed E-state index contributed by atoms with van der Waals surface area (Å²) >= 11 is 5.00. The maximum absolute atomic E-state index is 12.7. The minimum Gasteiger partial charge on any atom is -0.508 e. The normalized spacial score (nSPS) is 10.4. The van der Waals surface area contributed by atoms with Crippen molar-refractivity contribution < 1.29 is 14.3 Å². The van der Waals surface area contributed by atoms with Crippen LogP contribution in [0, 0.1) is 5.82 Å². The molecule has 0 aliphatic rings. The van der Waals surface area contributed by atoms with E-state index < -0.39 is 5.91 Å². The van der Waals surface area contributed by atoms with Gasteiger partial charge < -0.3 is 10.4 Å². The van der Waals surface area contributed by atoms with Crippen LogP contribution in [0.15, 0.2) is 54.6 Å². The third-order valence-electron chi connectivity index (χ3n) is 2.66. The van der Waals surface area contributed by atoms with Gasteiger partial charge in [0, 0.05) is 11.8 Å². The molecule has 0 bridgehead atoms. The molecule has 2 aromatic rings. The zero-order valence-electron chi connectivity index (χ0n) is 11.4. The van der Waals surface area contributed by atoms with Crippen molar-refractivity contribution in [3.63, 3.8) is 0 Å². The molecular weight excluding hydrogens is 303 g/mol. The van der Waals surface area contributed by atoms with Crippen LogP contribution < -0.4 is 10.6 Å². The van der Waals surface area contributed by atoms with Crippen molar-refractivity contribution in [3.8, 4) is 5.75 Å². The first-order valence-electron chi connectivity index (χ1n) is 6.37. The molecule has 0 radical (unpaired) electrons. The maximum atomic E-state index is 12.7. The molecule has 0 aliphatic carbocycles. The van der Waals surface area contributed by atoms with Gasteiger partial charge in [0.05, 0.1) is 0 Å². The zero-order valence-corrected chi connectivity index (χ0v) is 12.2. The largest absolute Gasteiger partial charge is 0.508 e. The van der Waals surface area contributed by atoms with Crippen LogP contribution in [0.1, 0.15) is 5.56 Å². The van der Waals surface area contributed by atoms with Crippen LogP contribution in [0.2, 0.25) is 0 Å². The van der Waals surface area contributed by atoms with Gasteiger partial charge in [-0.25, -0.2) is 4.39 Å². The number of hydrogen-bond donors (Lipinski definition) is 3. The van der Waals surface area contributed by atoms with Gasteiger partial charge in [-0.2, -0.15) is 0 Å². The van der Waals surface area contributed by atoms with Crippen molar-refractivity contribution in [1.29, 1.82) is 0 Å². The van der Waals surface area contributed by atoms with Gasteiger partial charge in [0.2, 0.25) is 5.91 Å². The van der Waals surface area contributed by atoms with Crippen LogP contribution in [0.4, 0.5) is 10.1 Å². The van der Waals surface area contributed by atoms with Crippen LogP contribution in [-0.4, -0.2) is 16.1 Å². The Morgan fingerprint density at radius 3 is 2.36 bits per heavy atom. The number of phenols is 1. The molecule has 22 heavy (non-hydrogen) atoms. The number of rotatable bonds is 3. The summed E-state index contributed by atoms with van der Waals surface area (Å²) < 4.78 is 12.7. The number of nitrogens with one attached hydrogen (secondary N) is 2. The Morgan fingerprint density at radius 1 is 1.09 bits per heavy atom. The summed E-state index contributed by atoms with van der Waals surface area (Å²) in [6, 6.07) is 12.0. The van der Waals surface area contributed by atoms with Crippen LogP contribution >= 0.6 is 12.2 Å². The molecule has 0 aliphatic heterocycles. The molecule has 2 aromatic carbocycles. The fraction of sp³-hybridized carbons (Fsp3) is 0. The fourth-order valence-electron chi connectivity index (χ4n) is 1.61. The molecule has 0 fully saturated rings. The van der Waals surface area contributed by atoms with E-state index in [1.807, 2.05) is 0 Å². The Balaban J connectivity index is 1.87. The lowest BCUT2D eigenvalue weighted by Crippen LogP contribution is -2.32. The van der Waals surface area contributed by atoms with Gasteiger partial charge >= 0.3 is 0 Å². The summed E-state index contributed by atoms with van der Waals surface area (Å²) in [6.45, 7) is 0. The number of amides is 1. The van der Waals surface area contributed by atoms with Gasteiger partial charge in [0.25, 0.3) is 0 Å². The molecular formula is C16H13FN2O2S. The Bertz CT molecular complexity index is 697. The van der Waals surface area contributed by atoms with Gasteiger partial charge in [-0.3, -0.25) is 10.1 Å². The predicted octanol–water partition coefficient (Wildman–Crippen LogP) is 3.06. The molecule has 0 aromatic heterocycles. The molecule has 4 nitrogen and oxygen atoms in total. The van der Waals surface area contributed by atoms with E-state index in [1.165, 1.54) is 30.3 Å². The Morgan fingerprint density at radius 2 is 1.73 bits per heavy atom. The molecule has 0 saturated carbocycles. The van der Waals surface area contributed by atoms with E-state index >= 15 is 0 Å². The summed E-state index contributed by atoms with van der Waals surface area (Å²) in [7, 11) is 0. The number of halogens is 1. The molecule has 2 rings (SSSR count). The SMILES string of the molecule is O=C(C=Cc1ccc(F)cc1)NC(=S)Nc1ccc(O)cc1. The van der Waals surface area contributed by atoms with Crippen molar-refractivity contribution in [3.05, 3.63) is 66.0 Å². The summed E-state index contributed by atoms with van der Waals surface area (Å²) in [5, 5.41) is 14.6. The highest BCUT2D eigenvalue weighted by Crippen LogP contribution is 2.13. The van der Waals surface area contributed by atoms with Gasteiger partial charge in [0.15, 0.2) is 5.11 Å². The highest BCUT2D eigenvalue weighted by atomic mass is 32.1. The summed E-state index contributed by atoms with van der Waals surface area (Å²) in [4.78, 5) is 11.7. The van der Waals surface area contributed by atoms with E-state index in [0.717, 1.165) is 0 Å². The average Bonchev–Trinajstić information content (AvgIpc) is 2.49. The molecule has 1 amide bonds. The second kappa shape index (κ2) is 7.33. The topological polar surface area (TPSA) is 61.4 Å². The van der Waals surface area contributed by atoms with E-state index in [-0.39, 0.29) is 16.7 Å². The first-order valence-corrected chi connectivity index (χ1v) is 6.78. The first kappa shape index (κ1) is 15.7. The number of carbonyl (C=O) groups excluding carboxylic acids is 1. The summed E-state index contributed by atoms with van der Waals surface area (Å²) in [6.07, 6.45) is 2.86. The second-order valence-electron chi connectivity index (χ2n) is 4.38. The lowest BCUT2D eigenvalue weighted by Gasteiger charge is -2.07. The Labute approximate surface area is 132 Å². The minimum absolute atomic E-state index is 0.138. The third kappa shape index (κ3) is 4.99. The molecule has 0 spiro atoms. The zero-order chi connectivity index (χ0) is 15.9. The molecule has 0 heterocycles. The van der Waals surface area contributed by atoms with Crippen LogP contribution in [0.5, 0.6) is 5.75 Å². The number of hydrogen-bond acceptors (Lipinski definition) is 3. The van der Waals surface area contributed by atoms with Gasteiger partial charge in [-0.1, -0.05) is 12.1 Å². The Kier molecular flexibility index (Phi) is 5.21. The molecule has 112 valence electrons. The first-order chi connectivity index (χ1) is 10.5. The summed E-state index contributed by atoms with van der Waals surface area (Å²) in [5.74, 6) is -0.593. The quantitative estimate of drug-likeness (QED) is 0.463. The number of aromatic hydroxyl groups is 1. The van der Waals surface area contributed by atoms with Crippen molar-refractivity contribution in [2.75, 3.05) is 5.32 Å². The lowest BCUT2D eigenvalue weighted by atomic mass is 10.2. The van der Waals surface area contributed by atoms with Crippen molar-refractivity contribution in [2.24, 2.45) is 0 Å². The number of phenolic OH excluding ortho intramolecular Hbond substituents is 1. The van der Waals surface area contributed by atoms with E-state index in [1.54, 1.807) is 30.3 Å². The van der Waals surface area contributed by atoms with Crippen LogP contribution in [0.3, 0.4) is 0 Å². The predicted molar refractivity (Wildman–Crippen MR) is 87.9 cm³/mol. The molecule has 0 saturated heterocycles. The van der Waals surface area contributed by atoms with Gasteiger partial charge in [0.1, 0.15) is 11.6 Å². The van der Waals surface area contributed by atoms with E-state index in [0.29, 0.717) is 11.3 Å². The third-order valence-corrected chi connectivity index (χ3v) is 2.86. The standard InChI is InChI=1S/C16H13FN2O2S/c17-12-4-1-11(2-5-12)3-10-15(21)19-16(22)18-13-6-8-14(20)9-7-13/h1-10,20H,(H2,18,19,21,22). The molecule has 0 unspecified atom stereocenters. The van der Waals surface area contributed by atoms with Crippen molar-refractivity contribution in [2.45, 2.75) is 0 Å². The van der Waals surface area contributed by atoms with Crippen LogP contribution in [0.25, 0.3) is 6.08 Å². The number of carbonyl (C=O) groups is 1. The molecule has 6 heteroatoms. The van der Waals surface area contributed by atoms with Crippen molar-refractivity contribution in [1.82, 2.24) is 5.32 Å². The lowest BCUT2D eigenvalue weighted by molar-refractivity contribution is -0.115. The smallest absolute Gasteiger partial charge is 0.250 e. The summed E-state index contributed by atoms with van der Waals surface area (Å²) in [5.41, 5.74) is 1.35. The monoisotopic (exact) mass is 316 g/mol. The highest BCUT2D eigenvalue weighted by molar-refractivity contribution is 7.80. The Hall–Kier alpha value is -2.73. The van der Waals surface area contributed by atoms with E-state index in [4.69, 9.17) is 17.3 Å². The number of anilines is 1. The van der Waals surface area contributed by atoms with Gasteiger partial charge in [-0.15, -0.1) is 0 Å². The van der Waals surface area contributed by atoms with Crippen LogP contribution in [-0.2, 0) is 4.79 Å². The maximum Gasteiger partial charge on any atom is 0.250 e. The number of benzene rings is 2. The minimum atomic E-state index is -0.402. The molecule has 3 N–H and O–H groups in total. The average molecular weight is 316 g/mol. The molecule has 0 atom stereocenters. The highest BCUT2D eigenvalue weighted by Gasteiger charge is 2.01. The van der Waals surface area contributed by atoms with Gasteiger partial charge in [-0.05, 0) is 60.3 Å². The van der Waals surface area contributed by atoms with E-state index in [9.17, 15) is 9.18 Å². The van der Waals surface area contributed by atoms with E-state index in [2.05, 4.69) is 10.6 Å². The van der Waals surface area contributed by atoms with Crippen molar-refractivity contribution >= 4 is 35.0 Å². The second-order valence-corrected chi connectivity index (χ2v) is 4.78. The number of thiocarbonyl (C=S) groups is 1. The fourth-order valence-corrected chi connectivity index (χ4v) is 1.82.